The van der Waals surface area contributed by atoms with Crippen LogP contribution in [0.3, 0.4) is 0 Å². The molecule has 0 spiro atoms. The Labute approximate surface area is 213 Å². The van der Waals surface area contributed by atoms with Crippen molar-refractivity contribution < 1.29 is 28.9 Å². The number of hydrogen-bond donors (Lipinski definition) is 1. The number of carbonyl (C=O) groups excluding carboxylic acids is 2. The van der Waals surface area contributed by atoms with Crippen molar-refractivity contribution in [1.82, 2.24) is 9.80 Å². The van der Waals surface area contributed by atoms with Gasteiger partial charge in [0.2, 0.25) is 0 Å². The van der Waals surface area contributed by atoms with Crippen LogP contribution >= 0.6 is 0 Å². The summed E-state index contributed by atoms with van der Waals surface area (Å²) in [5, 5.41) is 11.4. The number of likely N-dealkylation sites (N-methyl/N-ethyl adjacent to an activating group) is 1. The standard InChI is InChI=1S/C28H36N2O6/c1-7-29(8-2)14-15-30-25(19-10-13-22(36-9-3)23(17-19)35-6)24(27(32)28(30)33)26(31)20-11-12-21(34-5)18(4)16-20/h10-13,16-17,25,31H,7-9,14-15H2,1-6H3/t25-/m1/s1. The predicted octanol–water partition coefficient (Wildman–Crippen LogP) is 4.17. The zero-order chi connectivity index (χ0) is 26.4. The van der Waals surface area contributed by atoms with Gasteiger partial charge in [-0.25, -0.2) is 0 Å². The van der Waals surface area contributed by atoms with E-state index in [0.717, 1.165) is 18.7 Å². The van der Waals surface area contributed by atoms with Gasteiger partial charge in [0.1, 0.15) is 11.5 Å². The largest absolute Gasteiger partial charge is 0.507 e. The molecule has 0 aliphatic carbocycles. The molecule has 1 fully saturated rings. The highest BCUT2D eigenvalue weighted by atomic mass is 16.5. The van der Waals surface area contributed by atoms with Crippen LogP contribution in [0.15, 0.2) is 42.0 Å². The molecule has 8 nitrogen and oxygen atoms in total. The van der Waals surface area contributed by atoms with Crippen LogP contribution in [0.1, 0.15) is 43.5 Å². The smallest absolute Gasteiger partial charge is 0.295 e. The van der Waals surface area contributed by atoms with Gasteiger partial charge >= 0.3 is 0 Å². The van der Waals surface area contributed by atoms with Crippen molar-refractivity contribution in [3.05, 3.63) is 58.7 Å². The number of amides is 1. The fourth-order valence-corrected chi connectivity index (χ4v) is 4.56. The van der Waals surface area contributed by atoms with Crippen molar-refractivity contribution in [1.29, 1.82) is 0 Å². The van der Waals surface area contributed by atoms with Crippen molar-refractivity contribution >= 4 is 17.4 Å². The van der Waals surface area contributed by atoms with Crippen LogP contribution in [0, 0.1) is 6.92 Å². The summed E-state index contributed by atoms with van der Waals surface area (Å²) < 4.78 is 16.5. The van der Waals surface area contributed by atoms with Crippen molar-refractivity contribution in [2.75, 3.05) is 47.0 Å². The number of aliphatic hydroxyl groups is 1. The first-order valence-corrected chi connectivity index (χ1v) is 12.3. The van der Waals surface area contributed by atoms with E-state index in [2.05, 4.69) is 18.7 Å². The van der Waals surface area contributed by atoms with Crippen LogP contribution in [0.5, 0.6) is 17.2 Å². The predicted molar refractivity (Wildman–Crippen MR) is 139 cm³/mol. The van der Waals surface area contributed by atoms with Crippen molar-refractivity contribution in [3.8, 4) is 17.2 Å². The van der Waals surface area contributed by atoms with Gasteiger partial charge in [-0.3, -0.25) is 9.59 Å². The number of Topliss-reactive ketones (excluding diaryl/α,β-unsaturated/α-hetero) is 1. The number of hydrogen-bond acceptors (Lipinski definition) is 7. The lowest BCUT2D eigenvalue weighted by atomic mass is 9.94. The molecular weight excluding hydrogens is 460 g/mol. The quantitative estimate of drug-likeness (QED) is 0.284. The second-order valence-corrected chi connectivity index (χ2v) is 8.55. The van der Waals surface area contributed by atoms with Crippen molar-refractivity contribution in [3.63, 3.8) is 0 Å². The average Bonchev–Trinajstić information content (AvgIpc) is 3.14. The molecule has 2 aromatic rings. The molecule has 8 heteroatoms. The maximum absolute atomic E-state index is 13.3. The van der Waals surface area contributed by atoms with Crippen LogP contribution in [0.4, 0.5) is 0 Å². The third kappa shape index (κ3) is 5.33. The minimum Gasteiger partial charge on any atom is -0.507 e. The first-order valence-electron chi connectivity index (χ1n) is 12.3. The Morgan fingerprint density at radius 3 is 2.22 bits per heavy atom. The number of carbonyl (C=O) groups is 2. The highest BCUT2D eigenvalue weighted by Gasteiger charge is 2.46. The maximum Gasteiger partial charge on any atom is 0.295 e. The third-order valence-electron chi connectivity index (χ3n) is 6.56. The summed E-state index contributed by atoms with van der Waals surface area (Å²) in [5.74, 6) is 0.157. The van der Waals surface area contributed by atoms with Gasteiger partial charge in [0.15, 0.2) is 11.5 Å². The summed E-state index contributed by atoms with van der Waals surface area (Å²) in [6, 6.07) is 9.72. The molecule has 1 atom stereocenters. The first-order chi connectivity index (χ1) is 17.3. The Morgan fingerprint density at radius 2 is 1.64 bits per heavy atom. The maximum atomic E-state index is 13.3. The van der Waals surface area contributed by atoms with Crippen LogP contribution in [0.25, 0.3) is 5.76 Å². The van der Waals surface area contributed by atoms with Gasteiger partial charge in [0.25, 0.3) is 11.7 Å². The highest BCUT2D eigenvalue weighted by molar-refractivity contribution is 6.46. The number of rotatable bonds is 11. The molecule has 2 aromatic carbocycles. The number of aryl methyl sites for hydroxylation is 1. The summed E-state index contributed by atoms with van der Waals surface area (Å²) in [4.78, 5) is 30.3. The second kappa shape index (κ2) is 11.9. The van der Waals surface area contributed by atoms with Gasteiger partial charge < -0.3 is 29.1 Å². The number of aliphatic hydroxyl groups excluding tert-OH is 1. The Hall–Kier alpha value is -3.52. The fourth-order valence-electron chi connectivity index (χ4n) is 4.56. The number of benzene rings is 2. The minimum atomic E-state index is -0.771. The van der Waals surface area contributed by atoms with Crippen LogP contribution in [0.2, 0.25) is 0 Å². The summed E-state index contributed by atoms with van der Waals surface area (Å²) in [5.41, 5.74) is 1.95. The molecule has 0 unspecified atom stereocenters. The topological polar surface area (TPSA) is 88.5 Å². The van der Waals surface area contributed by atoms with E-state index in [1.54, 1.807) is 50.6 Å². The Kier molecular flexibility index (Phi) is 8.98. The van der Waals surface area contributed by atoms with Crippen LogP contribution < -0.4 is 14.2 Å². The molecule has 1 heterocycles. The number of nitrogens with zero attached hydrogens (tertiary/aromatic N) is 2. The number of likely N-dealkylation sites (tertiary alicyclic amines) is 1. The molecule has 0 saturated carbocycles. The lowest BCUT2D eigenvalue weighted by Gasteiger charge is -2.28. The summed E-state index contributed by atoms with van der Waals surface area (Å²) in [6.45, 7) is 10.9. The normalized spacial score (nSPS) is 17.1. The molecule has 0 aromatic heterocycles. The molecule has 1 aliphatic rings. The SMILES string of the molecule is CCOc1ccc([C@@H]2C(=C(O)c3ccc(OC)c(C)c3)C(=O)C(=O)N2CCN(CC)CC)cc1OC. The summed E-state index contributed by atoms with van der Waals surface area (Å²) in [6.07, 6.45) is 0. The van der Waals surface area contributed by atoms with E-state index in [9.17, 15) is 14.7 Å². The molecule has 1 amide bonds. The lowest BCUT2D eigenvalue weighted by Crippen LogP contribution is -2.38. The van der Waals surface area contributed by atoms with Gasteiger partial charge in [-0.2, -0.15) is 0 Å². The van der Waals surface area contributed by atoms with E-state index in [-0.39, 0.29) is 11.3 Å². The van der Waals surface area contributed by atoms with Crippen LogP contribution in [-0.2, 0) is 9.59 Å². The van der Waals surface area contributed by atoms with Crippen LogP contribution in [-0.4, -0.2) is 73.6 Å². The molecule has 3 rings (SSSR count). The Morgan fingerprint density at radius 1 is 0.972 bits per heavy atom. The molecule has 1 saturated heterocycles. The minimum absolute atomic E-state index is 0.0512. The average molecular weight is 497 g/mol. The van der Waals surface area contributed by atoms with E-state index in [1.165, 1.54) is 4.90 Å². The second-order valence-electron chi connectivity index (χ2n) is 8.55. The lowest BCUT2D eigenvalue weighted by molar-refractivity contribution is -0.140. The number of methoxy groups -OCH3 is 2. The van der Waals surface area contributed by atoms with E-state index < -0.39 is 17.7 Å². The molecular formula is C28H36N2O6. The Bertz CT molecular complexity index is 1140. The summed E-state index contributed by atoms with van der Waals surface area (Å²) >= 11 is 0. The van der Waals surface area contributed by atoms with E-state index in [0.29, 0.717) is 48.1 Å². The van der Waals surface area contributed by atoms with E-state index in [4.69, 9.17) is 14.2 Å². The molecule has 194 valence electrons. The van der Waals surface area contributed by atoms with Gasteiger partial charge in [0, 0.05) is 18.7 Å². The van der Waals surface area contributed by atoms with Crippen molar-refractivity contribution in [2.24, 2.45) is 0 Å². The van der Waals surface area contributed by atoms with E-state index >= 15 is 0 Å². The Balaban J connectivity index is 2.16. The molecule has 1 N–H and O–H groups in total. The fraction of sp³-hybridized carbons (Fsp3) is 0.429. The monoisotopic (exact) mass is 496 g/mol. The van der Waals surface area contributed by atoms with Crippen molar-refractivity contribution in [2.45, 2.75) is 33.7 Å². The zero-order valence-electron chi connectivity index (χ0n) is 22.0. The molecule has 0 radical (unpaired) electrons. The molecule has 36 heavy (non-hydrogen) atoms. The van der Waals surface area contributed by atoms with E-state index in [1.807, 2.05) is 13.8 Å². The van der Waals surface area contributed by atoms with Gasteiger partial charge in [-0.1, -0.05) is 19.9 Å². The van der Waals surface area contributed by atoms with Gasteiger partial charge in [0.05, 0.1) is 32.4 Å². The number of ketones is 1. The molecule has 1 aliphatic heterocycles. The zero-order valence-corrected chi connectivity index (χ0v) is 22.0. The van der Waals surface area contributed by atoms with Gasteiger partial charge in [-0.05, 0) is 68.4 Å². The first kappa shape index (κ1) is 27.1. The number of ether oxygens (including phenoxy) is 3. The summed E-state index contributed by atoms with van der Waals surface area (Å²) in [7, 11) is 3.11. The third-order valence-corrected chi connectivity index (χ3v) is 6.56. The highest BCUT2D eigenvalue weighted by Crippen LogP contribution is 2.42. The molecule has 0 bridgehead atoms. The van der Waals surface area contributed by atoms with Gasteiger partial charge in [-0.15, -0.1) is 0 Å².